The number of piperidine rings is 1. The van der Waals surface area contributed by atoms with E-state index in [1.165, 1.54) is 5.56 Å². The Morgan fingerprint density at radius 1 is 1.06 bits per heavy atom. The van der Waals surface area contributed by atoms with Gasteiger partial charge in [0, 0.05) is 30.4 Å². The molecule has 5 rings (SSSR count). The van der Waals surface area contributed by atoms with Crippen LogP contribution in [0.15, 0.2) is 53.7 Å². The number of methoxy groups -OCH3 is 1. The Balaban J connectivity index is 1.27. The number of phenolic OH excluding ortho intramolecular Hbond substituents is 1. The molecule has 3 heterocycles. The van der Waals surface area contributed by atoms with E-state index >= 15 is 0 Å². The highest BCUT2D eigenvalue weighted by Crippen LogP contribution is 2.33. The number of phenols is 1. The summed E-state index contributed by atoms with van der Waals surface area (Å²) in [4.78, 5) is 2.40. The van der Waals surface area contributed by atoms with Crippen LogP contribution in [0.3, 0.4) is 0 Å². The molecule has 2 aliphatic rings. The van der Waals surface area contributed by atoms with Gasteiger partial charge in [0.25, 0.3) is 0 Å². The Morgan fingerprint density at radius 2 is 1.89 bits per heavy atom. The summed E-state index contributed by atoms with van der Waals surface area (Å²) >= 11 is 1.77. The minimum atomic E-state index is 0.321. The van der Waals surface area contributed by atoms with Crippen LogP contribution in [0.2, 0.25) is 0 Å². The third-order valence-electron chi connectivity index (χ3n) is 6.98. The van der Waals surface area contributed by atoms with Gasteiger partial charge in [0.2, 0.25) is 0 Å². The van der Waals surface area contributed by atoms with Gasteiger partial charge in [0.15, 0.2) is 5.16 Å². The van der Waals surface area contributed by atoms with Crippen molar-refractivity contribution < 1.29 is 14.6 Å². The van der Waals surface area contributed by atoms with Crippen LogP contribution in [0.25, 0.3) is 0 Å². The van der Waals surface area contributed by atoms with E-state index in [1.54, 1.807) is 31.0 Å². The van der Waals surface area contributed by atoms with Crippen LogP contribution in [0.1, 0.15) is 48.6 Å². The predicted octanol–water partition coefficient (Wildman–Crippen LogP) is 4.69. The van der Waals surface area contributed by atoms with Crippen molar-refractivity contribution in [2.45, 2.75) is 56.0 Å². The fraction of sp³-hybridized carbons (Fsp3) is 0.481. The standard InChI is InChI=1S/C27H34N4O3S/c1-33-23-9-10-25(32)22(16-23)18-30-13-11-21(12-14-30)26-28-29-27(35-19-24-8-5-15-34-24)31(26)17-20-6-3-2-4-7-20/h2-4,6-7,9-10,16,21,24,32H,5,8,11-15,17-19H2,1H3. The predicted molar refractivity (Wildman–Crippen MR) is 137 cm³/mol. The van der Waals surface area contributed by atoms with Crippen molar-refractivity contribution in [1.29, 1.82) is 0 Å². The quantitative estimate of drug-likeness (QED) is 0.433. The molecular weight excluding hydrogens is 460 g/mol. The van der Waals surface area contributed by atoms with Crippen LogP contribution >= 0.6 is 11.8 Å². The van der Waals surface area contributed by atoms with Crippen molar-refractivity contribution in [3.05, 3.63) is 65.5 Å². The van der Waals surface area contributed by atoms with E-state index in [2.05, 4.69) is 44.9 Å². The summed E-state index contributed by atoms with van der Waals surface area (Å²) in [6.45, 7) is 4.29. The van der Waals surface area contributed by atoms with Gasteiger partial charge in [-0.15, -0.1) is 10.2 Å². The molecule has 2 saturated heterocycles. The molecule has 0 saturated carbocycles. The molecule has 1 N–H and O–H groups in total. The molecule has 186 valence electrons. The number of hydrogen-bond acceptors (Lipinski definition) is 7. The number of aromatic nitrogens is 3. The Bertz CT molecular complexity index is 1090. The lowest BCUT2D eigenvalue weighted by Gasteiger charge is -2.32. The second kappa shape index (κ2) is 11.5. The van der Waals surface area contributed by atoms with Gasteiger partial charge in [0.1, 0.15) is 17.3 Å². The SMILES string of the molecule is COc1ccc(O)c(CN2CCC(c3nnc(SCC4CCCO4)n3Cc3ccccc3)CC2)c1. The Morgan fingerprint density at radius 3 is 2.63 bits per heavy atom. The number of hydrogen-bond donors (Lipinski definition) is 1. The maximum Gasteiger partial charge on any atom is 0.191 e. The van der Waals surface area contributed by atoms with Crippen LogP contribution in [0, 0.1) is 0 Å². The van der Waals surface area contributed by atoms with Gasteiger partial charge in [-0.1, -0.05) is 42.1 Å². The van der Waals surface area contributed by atoms with Crippen LogP contribution in [0.4, 0.5) is 0 Å². The minimum absolute atomic E-state index is 0.321. The van der Waals surface area contributed by atoms with Crippen molar-refractivity contribution >= 4 is 11.8 Å². The van der Waals surface area contributed by atoms with E-state index in [-0.39, 0.29) is 0 Å². The number of likely N-dealkylation sites (tertiary alicyclic amines) is 1. The van der Waals surface area contributed by atoms with E-state index in [0.29, 0.717) is 17.8 Å². The molecule has 8 heteroatoms. The van der Waals surface area contributed by atoms with Gasteiger partial charge >= 0.3 is 0 Å². The molecule has 0 aliphatic carbocycles. The molecule has 0 radical (unpaired) electrons. The lowest BCUT2D eigenvalue weighted by Crippen LogP contribution is -2.33. The molecule has 7 nitrogen and oxygen atoms in total. The zero-order valence-corrected chi connectivity index (χ0v) is 21.1. The van der Waals surface area contributed by atoms with Gasteiger partial charge in [0.05, 0.1) is 19.8 Å². The van der Waals surface area contributed by atoms with Crippen LogP contribution in [0.5, 0.6) is 11.5 Å². The highest BCUT2D eigenvalue weighted by atomic mass is 32.2. The molecule has 1 aromatic heterocycles. The first-order valence-corrected chi connectivity index (χ1v) is 13.5. The molecule has 0 spiro atoms. The smallest absolute Gasteiger partial charge is 0.191 e. The number of benzene rings is 2. The number of ether oxygens (including phenoxy) is 2. The van der Waals surface area contributed by atoms with Gasteiger partial charge in [-0.3, -0.25) is 4.90 Å². The molecule has 3 aromatic rings. The van der Waals surface area contributed by atoms with E-state index in [9.17, 15) is 5.11 Å². The van der Waals surface area contributed by atoms with Crippen molar-refractivity contribution in [2.24, 2.45) is 0 Å². The molecule has 35 heavy (non-hydrogen) atoms. The van der Waals surface area contributed by atoms with E-state index in [1.807, 2.05) is 6.07 Å². The Kier molecular flexibility index (Phi) is 7.91. The summed E-state index contributed by atoms with van der Waals surface area (Å²) in [5.41, 5.74) is 2.17. The van der Waals surface area contributed by atoms with Gasteiger partial charge in [-0.2, -0.15) is 0 Å². The molecular formula is C27H34N4O3S. The average Bonchev–Trinajstić information content (AvgIpc) is 3.55. The topological polar surface area (TPSA) is 72.6 Å². The highest BCUT2D eigenvalue weighted by Gasteiger charge is 2.27. The maximum atomic E-state index is 10.3. The second-order valence-electron chi connectivity index (χ2n) is 9.40. The van der Waals surface area contributed by atoms with Gasteiger partial charge < -0.3 is 19.1 Å². The molecule has 0 amide bonds. The normalized spacial score (nSPS) is 19.3. The first-order valence-electron chi connectivity index (χ1n) is 12.5. The lowest BCUT2D eigenvalue weighted by molar-refractivity contribution is 0.129. The molecule has 2 aliphatic heterocycles. The molecule has 1 unspecified atom stereocenters. The molecule has 1 atom stereocenters. The van der Waals surface area contributed by atoms with Crippen molar-refractivity contribution in [3.8, 4) is 11.5 Å². The maximum absolute atomic E-state index is 10.3. The van der Waals surface area contributed by atoms with Gasteiger partial charge in [-0.05, 0) is 62.5 Å². The molecule has 2 fully saturated rings. The summed E-state index contributed by atoms with van der Waals surface area (Å²) in [6, 6.07) is 16.0. The summed E-state index contributed by atoms with van der Waals surface area (Å²) in [6.07, 6.45) is 4.65. The fourth-order valence-corrected chi connectivity index (χ4v) is 5.98. The summed E-state index contributed by atoms with van der Waals surface area (Å²) in [5.74, 6) is 3.49. The van der Waals surface area contributed by atoms with E-state index in [4.69, 9.17) is 14.6 Å². The van der Waals surface area contributed by atoms with Crippen LogP contribution in [-0.2, 0) is 17.8 Å². The van der Waals surface area contributed by atoms with Crippen LogP contribution in [-0.4, -0.2) is 63.4 Å². The third kappa shape index (κ3) is 6.00. The average molecular weight is 495 g/mol. The van der Waals surface area contributed by atoms with Crippen molar-refractivity contribution in [3.63, 3.8) is 0 Å². The second-order valence-corrected chi connectivity index (χ2v) is 10.4. The summed E-state index contributed by atoms with van der Waals surface area (Å²) in [5, 5.41) is 20.6. The number of nitrogens with zero attached hydrogens (tertiary/aromatic N) is 4. The fourth-order valence-electron chi connectivity index (χ4n) is 4.97. The first-order chi connectivity index (χ1) is 17.2. The minimum Gasteiger partial charge on any atom is -0.508 e. The zero-order chi connectivity index (χ0) is 24.0. The summed E-state index contributed by atoms with van der Waals surface area (Å²) < 4.78 is 13.5. The van der Waals surface area contributed by atoms with Gasteiger partial charge in [-0.25, -0.2) is 0 Å². The number of rotatable bonds is 9. The Hall–Kier alpha value is -2.55. The largest absolute Gasteiger partial charge is 0.508 e. The summed E-state index contributed by atoms with van der Waals surface area (Å²) in [7, 11) is 1.65. The van der Waals surface area contributed by atoms with Crippen molar-refractivity contribution in [2.75, 3.05) is 32.6 Å². The monoisotopic (exact) mass is 494 g/mol. The Labute approximate surface area is 211 Å². The number of thioether (sulfide) groups is 1. The van der Waals surface area contributed by atoms with Crippen molar-refractivity contribution in [1.82, 2.24) is 19.7 Å². The zero-order valence-electron chi connectivity index (χ0n) is 20.3. The van der Waals surface area contributed by atoms with E-state index < -0.39 is 0 Å². The lowest BCUT2D eigenvalue weighted by atomic mass is 9.95. The van der Waals surface area contributed by atoms with Crippen LogP contribution < -0.4 is 4.74 Å². The highest BCUT2D eigenvalue weighted by molar-refractivity contribution is 7.99. The molecule has 2 aromatic carbocycles. The van der Waals surface area contributed by atoms with E-state index in [0.717, 1.165) is 86.5 Å². The number of aromatic hydroxyl groups is 1. The third-order valence-corrected chi connectivity index (χ3v) is 8.08. The first kappa shape index (κ1) is 24.2. The molecule has 0 bridgehead atoms.